The van der Waals surface area contributed by atoms with Gasteiger partial charge in [-0.25, -0.2) is 0 Å². The van der Waals surface area contributed by atoms with Crippen LogP contribution >= 0.6 is 11.8 Å². The molecule has 104 valence electrons. The number of benzene rings is 1. The number of hydrogen-bond donors (Lipinski definition) is 1. The largest absolute Gasteiger partial charge is 0.351 e. The van der Waals surface area contributed by atoms with Crippen molar-refractivity contribution in [3.05, 3.63) is 30.3 Å². The number of amides is 1. The molecule has 1 unspecified atom stereocenters. The number of carbonyl (C=O) groups excluding carboxylic acids is 1. The fraction of sp³-hybridized carbons (Fsp3) is 0.533. The molecule has 0 spiro atoms. The van der Waals surface area contributed by atoms with Crippen LogP contribution in [0.3, 0.4) is 0 Å². The Hall–Kier alpha value is -1.00. The first kappa shape index (κ1) is 14.4. The second-order valence-corrected chi connectivity index (χ2v) is 6.29. The first-order chi connectivity index (χ1) is 9.15. The van der Waals surface area contributed by atoms with Crippen molar-refractivity contribution in [2.24, 2.45) is 0 Å². The zero-order valence-corrected chi connectivity index (χ0v) is 12.5. The lowest BCUT2D eigenvalue weighted by Gasteiger charge is -2.20. The van der Waals surface area contributed by atoms with E-state index in [2.05, 4.69) is 24.1 Å². The summed E-state index contributed by atoms with van der Waals surface area (Å²) in [6.07, 6.45) is 1.07. The fourth-order valence-electron chi connectivity index (χ4n) is 2.31. The fourth-order valence-corrected chi connectivity index (χ4v) is 3.04. The van der Waals surface area contributed by atoms with Crippen molar-refractivity contribution < 1.29 is 4.79 Å². The van der Waals surface area contributed by atoms with Gasteiger partial charge in [-0.15, -0.1) is 11.8 Å². The van der Waals surface area contributed by atoms with Gasteiger partial charge in [0.25, 0.3) is 0 Å². The minimum atomic E-state index is 0.143. The van der Waals surface area contributed by atoms with Gasteiger partial charge in [-0.05, 0) is 32.4 Å². The Kier molecular flexibility index (Phi) is 5.28. The number of hydrogen-bond acceptors (Lipinski definition) is 3. The molecule has 1 N–H and O–H groups in total. The van der Waals surface area contributed by atoms with Crippen molar-refractivity contribution in [3.63, 3.8) is 0 Å². The van der Waals surface area contributed by atoms with Crippen molar-refractivity contribution in [3.8, 4) is 0 Å². The number of likely N-dealkylation sites (tertiary alicyclic amines) is 1. The van der Waals surface area contributed by atoms with Gasteiger partial charge in [-0.3, -0.25) is 9.69 Å². The molecule has 1 aliphatic rings. The van der Waals surface area contributed by atoms with Crippen LogP contribution in [-0.2, 0) is 4.79 Å². The monoisotopic (exact) mass is 278 g/mol. The highest BCUT2D eigenvalue weighted by Crippen LogP contribution is 2.17. The van der Waals surface area contributed by atoms with E-state index in [1.54, 1.807) is 11.8 Å². The van der Waals surface area contributed by atoms with Gasteiger partial charge in [0.05, 0.1) is 5.75 Å². The number of nitrogens with one attached hydrogen (secondary N) is 1. The van der Waals surface area contributed by atoms with Gasteiger partial charge in [-0.1, -0.05) is 18.2 Å². The summed E-state index contributed by atoms with van der Waals surface area (Å²) in [5.41, 5.74) is 0. The van der Waals surface area contributed by atoms with Crippen LogP contribution in [0.15, 0.2) is 35.2 Å². The van der Waals surface area contributed by atoms with E-state index in [9.17, 15) is 4.79 Å². The minimum absolute atomic E-state index is 0.143. The van der Waals surface area contributed by atoms with Crippen LogP contribution in [0.1, 0.15) is 20.3 Å². The molecule has 1 aromatic carbocycles. The highest BCUT2D eigenvalue weighted by Gasteiger charge is 2.25. The summed E-state index contributed by atoms with van der Waals surface area (Å²) in [7, 11) is 0. The van der Waals surface area contributed by atoms with Gasteiger partial charge < -0.3 is 5.32 Å². The SMILES string of the molecule is CC(C)N1CCC(NC(=O)CSc2ccccc2)C1. The molecule has 1 atom stereocenters. The van der Waals surface area contributed by atoms with Crippen LogP contribution in [0, 0.1) is 0 Å². The maximum atomic E-state index is 11.9. The summed E-state index contributed by atoms with van der Waals surface area (Å²) >= 11 is 1.59. The molecule has 19 heavy (non-hydrogen) atoms. The summed E-state index contributed by atoms with van der Waals surface area (Å²) in [5, 5.41) is 3.13. The molecule has 4 heteroatoms. The number of rotatable bonds is 5. The van der Waals surface area contributed by atoms with Crippen molar-refractivity contribution >= 4 is 17.7 Å². The first-order valence-corrected chi connectivity index (χ1v) is 7.85. The van der Waals surface area contributed by atoms with Crippen molar-refractivity contribution in [2.75, 3.05) is 18.8 Å². The molecular formula is C15H22N2OS. The van der Waals surface area contributed by atoms with Gasteiger partial charge in [0.1, 0.15) is 0 Å². The molecule has 1 heterocycles. The van der Waals surface area contributed by atoms with E-state index in [0.717, 1.165) is 24.4 Å². The summed E-state index contributed by atoms with van der Waals surface area (Å²) in [4.78, 5) is 15.5. The summed E-state index contributed by atoms with van der Waals surface area (Å²) in [5.74, 6) is 0.645. The smallest absolute Gasteiger partial charge is 0.230 e. The molecule has 1 amide bonds. The van der Waals surface area contributed by atoms with Gasteiger partial charge in [0.15, 0.2) is 0 Å². The topological polar surface area (TPSA) is 32.3 Å². The molecule has 1 aliphatic heterocycles. The molecule has 2 rings (SSSR count). The lowest BCUT2D eigenvalue weighted by atomic mass is 10.2. The molecule has 0 radical (unpaired) electrons. The zero-order valence-electron chi connectivity index (χ0n) is 11.6. The van der Waals surface area contributed by atoms with Crippen molar-refractivity contribution in [1.29, 1.82) is 0 Å². The second kappa shape index (κ2) is 6.96. The third-order valence-corrected chi connectivity index (χ3v) is 4.44. The lowest BCUT2D eigenvalue weighted by Crippen LogP contribution is -2.39. The summed E-state index contributed by atoms with van der Waals surface area (Å²) < 4.78 is 0. The van der Waals surface area contributed by atoms with Gasteiger partial charge >= 0.3 is 0 Å². The summed E-state index contributed by atoms with van der Waals surface area (Å²) in [6.45, 7) is 6.48. The Morgan fingerprint density at radius 2 is 2.16 bits per heavy atom. The van der Waals surface area contributed by atoms with E-state index in [0.29, 0.717) is 17.8 Å². The van der Waals surface area contributed by atoms with Crippen LogP contribution in [0.25, 0.3) is 0 Å². The zero-order chi connectivity index (χ0) is 13.7. The Labute approximate surface area is 119 Å². The lowest BCUT2D eigenvalue weighted by molar-refractivity contribution is -0.119. The van der Waals surface area contributed by atoms with Crippen LogP contribution in [0.4, 0.5) is 0 Å². The minimum Gasteiger partial charge on any atom is -0.351 e. The van der Waals surface area contributed by atoms with E-state index >= 15 is 0 Å². The second-order valence-electron chi connectivity index (χ2n) is 5.24. The molecule has 1 fully saturated rings. The van der Waals surface area contributed by atoms with E-state index in [4.69, 9.17) is 0 Å². The number of carbonyl (C=O) groups is 1. The van der Waals surface area contributed by atoms with Crippen LogP contribution in [0.2, 0.25) is 0 Å². The van der Waals surface area contributed by atoms with E-state index in [1.165, 1.54) is 0 Å². The molecular weight excluding hydrogens is 256 g/mol. The van der Waals surface area contributed by atoms with E-state index < -0.39 is 0 Å². The summed E-state index contributed by atoms with van der Waals surface area (Å²) in [6, 6.07) is 11.0. The molecule has 0 bridgehead atoms. The normalized spacial score (nSPS) is 19.8. The molecule has 1 aromatic rings. The number of nitrogens with zero attached hydrogens (tertiary/aromatic N) is 1. The predicted octanol–water partition coefficient (Wildman–Crippen LogP) is 2.38. The Morgan fingerprint density at radius 3 is 2.79 bits per heavy atom. The highest BCUT2D eigenvalue weighted by molar-refractivity contribution is 8.00. The third-order valence-electron chi connectivity index (χ3n) is 3.43. The quantitative estimate of drug-likeness (QED) is 0.839. The maximum Gasteiger partial charge on any atom is 0.230 e. The molecule has 1 saturated heterocycles. The predicted molar refractivity (Wildman–Crippen MR) is 80.4 cm³/mol. The third kappa shape index (κ3) is 4.55. The number of thioether (sulfide) groups is 1. The standard InChI is InChI=1S/C15H22N2OS/c1-12(2)17-9-8-13(10-17)16-15(18)11-19-14-6-4-3-5-7-14/h3-7,12-13H,8-11H2,1-2H3,(H,16,18). The van der Waals surface area contributed by atoms with E-state index in [1.807, 2.05) is 30.3 Å². The molecule has 3 nitrogen and oxygen atoms in total. The highest BCUT2D eigenvalue weighted by atomic mass is 32.2. The molecule has 0 saturated carbocycles. The Balaban J connectivity index is 1.71. The van der Waals surface area contributed by atoms with Gasteiger partial charge in [0.2, 0.25) is 5.91 Å². The van der Waals surface area contributed by atoms with E-state index in [-0.39, 0.29) is 5.91 Å². The van der Waals surface area contributed by atoms with Gasteiger partial charge in [0, 0.05) is 30.1 Å². The first-order valence-electron chi connectivity index (χ1n) is 6.86. The maximum absolute atomic E-state index is 11.9. The van der Waals surface area contributed by atoms with Crippen LogP contribution in [0.5, 0.6) is 0 Å². The average molecular weight is 278 g/mol. The van der Waals surface area contributed by atoms with Crippen LogP contribution < -0.4 is 5.32 Å². The van der Waals surface area contributed by atoms with Crippen molar-refractivity contribution in [2.45, 2.75) is 37.2 Å². The van der Waals surface area contributed by atoms with Crippen molar-refractivity contribution in [1.82, 2.24) is 10.2 Å². The Bertz CT molecular complexity index is 408. The molecule has 0 aromatic heterocycles. The van der Waals surface area contributed by atoms with Gasteiger partial charge in [-0.2, -0.15) is 0 Å². The molecule has 0 aliphatic carbocycles. The average Bonchev–Trinajstić information content (AvgIpc) is 2.86. The van der Waals surface area contributed by atoms with Crippen LogP contribution in [-0.4, -0.2) is 41.7 Å². The Morgan fingerprint density at radius 1 is 1.42 bits per heavy atom.